The fraction of sp³-hybridized carbons (Fsp3) is 0.273. The van der Waals surface area contributed by atoms with E-state index in [1.807, 2.05) is 0 Å². The van der Waals surface area contributed by atoms with Crippen molar-refractivity contribution in [2.45, 2.75) is 5.75 Å². The maximum absolute atomic E-state index is 11.5. The Kier molecular flexibility index (Phi) is 3.75. The van der Waals surface area contributed by atoms with Crippen LogP contribution >= 0.6 is 0 Å². The summed E-state index contributed by atoms with van der Waals surface area (Å²) >= 11 is 0. The first-order chi connectivity index (χ1) is 7.09. The van der Waals surface area contributed by atoms with Gasteiger partial charge in [-0.25, -0.2) is 8.42 Å². The zero-order chi connectivity index (χ0) is 11.3. The van der Waals surface area contributed by atoms with Crippen LogP contribution in [-0.2, 0) is 15.6 Å². The van der Waals surface area contributed by atoms with E-state index in [1.165, 1.54) is 7.11 Å². The quantitative estimate of drug-likeness (QED) is 0.723. The summed E-state index contributed by atoms with van der Waals surface area (Å²) in [5, 5.41) is 0. The van der Waals surface area contributed by atoms with Crippen LogP contribution in [0, 0.1) is 12.3 Å². The van der Waals surface area contributed by atoms with E-state index in [2.05, 4.69) is 5.92 Å². The third-order valence-electron chi connectivity index (χ3n) is 1.87. The van der Waals surface area contributed by atoms with Crippen molar-refractivity contribution in [3.05, 3.63) is 29.8 Å². The van der Waals surface area contributed by atoms with Crippen LogP contribution in [0.4, 0.5) is 0 Å². The summed E-state index contributed by atoms with van der Waals surface area (Å²) in [6.45, 7) is 0. The number of terminal acetylenes is 1. The molecule has 0 radical (unpaired) electrons. The van der Waals surface area contributed by atoms with E-state index in [1.54, 1.807) is 24.3 Å². The standard InChI is InChI=1S/C11H12O3S/c1-3-8-15(12,13)9-10-6-4-5-7-11(10)14-2/h1,4-7H,8-9H2,2H3. The molecule has 0 bridgehead atoms. The summed E-state index contributed by atoms with van der Waals surface area (Å²) < 4.78 is 28.0. The lowest BCUT2D eigenvalue weighted by Gasteiger charge is -2.07. The molecule has 0 spiro atoms. The van der Waals surface area contributed by atoms with Crippen molar-refractivity contribution in [1.29, 1.82) is 0 Å². The Morgan fingerprint density at radius 3 is 2.67 bits per heavy atom. The number of para-hydroxylation sites is 1. The smallest absolute Gasteiger partial charge is 0.165 e. The minimum Gasteiger partial charge on any atom is -0.496 e. The molecule has 0 heterocycles. The summed E-state index contributed by atoms with van der Waals surface area (Å²) in [4.78, 5) is 0. The molecule has 0 saturated carbocycles. The predicted molar refractivity (Wildman–Crippen MR) is 59.3 cm³/mol. The molecule has 0 aromatic heterocycles. The van der Waals surface area contributed by atoms with Gasteiger partial charge in [0.1, 0.15) is 11.5 Å². The summed E-state index contributed by atoms with van der Waals surface area (Å²) in [6, 6.07) is 6.99. The monoisotopic (exact) mass is 224 g/mol. The van der Waals surface area contributed by atoms with E-state index < -0.39 is 9.84 Å². The van der Waals surface area contributed by atoms with E-state index in [0.29, 0.717) is 11.3 Å². The number of rotatable bonds is 4. The number of benzene rings is 1. The molecule has 0 aliphatic rings. The Morgan fingerprint density at radius 2 is 2.07 bits per heavy atom. The van der Waals surface area contributed by atoms with Crippen LogP contribution in [0.1, 0.15) is 5.56 Å². The van der Waals surface area contributed by atoms with Gasteiger partial charge in [0.2, 0.25) is 0 Å². The lowest BCUT2D eigenvalue weighted by atomic mass is 10.2. The van der Waals surface area contributed by atoms with Crippen molar-refractivity contribution in [2.24, 2.45) is 0 Å². The summed E-state index contributed by atoms with van der Waals surface area (Å²) in [5.74, 6) is 2.38. The third-order valence-corrected chi connectivity index (χ3v) is 3.23. The molecule has 15 heavy (non-hydrogen) atoms. The van der Waals surface area contributed by atoms with Gasteiger partial charge in [-0.05, 0) is 6.07 Å². The first-order valence-electron chi connectivity index (χ1n) is 4.35. The van der Waals surface area contributed by atoms with Gasteiger partial charge in [0.25, 0.3) is 0 Å². The molecule has 0 saturated heterocycles. The van der Waals surface area contributed by atoms with E-state index >= 15 is 0 Å². The largest absolute Gasteiger partial charge is 0.496 e. The van der Waals surface area contributed by atoms with Gasteiger partial charge in [0, 0.05) is 5.56 Å². The topological polar surface area (TPSA) is 43.4 Å². The van der Waals surface area contributed by atoms with Gasteiger partial charge in [-0.2, -0.15) is 0 Å². The van der Waals surface area contributed by atoms with Gasteiger partial charge >= 0.3 is 0 Å². The van der Waals surface area contributed by atoms with Crippen molar-refractivity contribution in [3.8, 4) is 18.1 Å². The average molecular weight is 224 g/mol. The van der Waals surface area contributed by atoms with Crippen LogP contribution < -0.4 is 4.74 Å². The van der Waals surface area contributed by atoms with Crippen molar-refractivity contribution in [2.75, 3.05) is 12.9 Å². The summed E-state index contributed by atoms with van der Waals surface area (Å²) in [7, 11) is -1.73. The highest BCUT2D eigenvalue weighted by Crippen LogP contribution is 2.19. The molecule has 1 rings (SSSR count). The maximum atomic E-state index is 11.5. The second-order valence-corrected chi connectivity index (χ2v) is 5.11. The van der Waals surface area contributed by atoms with E-state index in [9.17, 15) is 8.42 Å². The Labute approximate surface area is 90.0 Å². The second kappa shape index (κ2) is 4.85. The first-order valence-corrected chi connectivity index (χ1v) is 6.17. The number of hydrogen-bond donors (Lipinski definition) is 0. The van der Waals surface area contributed by atoms with Gasteiger partial charge in [-0.3, -0.25) is 0 Å². The molecule has 0 amide bonds. The number of ether oxygens (including phenoxy) is 1. The molecule has 0 unspecified atom stereocenters. The highest BCUT2D eigenvalue weighted by molar-refractivity contribution is 7.90. The van der Waals surface area contributed by atoms with Crippen LogP contribution in [0.2, 0.25) is 0 Å². The Balaban J connectivity index is 2.95. The minimum atomic E-state index is -3.23. The lowest BCUT2D eigenvalue weighted by molar-refractivity contribution is 0.411. The second-order valence-electron chi connectivity index (χ2n) is 3.05. The van der Waals surface area contributed by atoms with Gasteiger partial charge in [0.05, 0.1) is 12.9 Å². The van der Waals surface area contributed by atoms with E-state index in [0.717, 1.165) is 0 Å². The first kappa shape index (κ1) is 11.6. The maximum Gasteiger partial charge on any atom is 0.165 e. The SMILES string of the molecule is C#CCS(=O)(=O)Cc1ccccc1OC. The molecule has 0 aliphatic carbocycles. The zero-order valence-electron chi connectivity index (χ0n) is 8.43. The molecular weight excluding hydrogens is 212 g/mol. The van der Waals surface area contributed by atoms with Gasteiger partial charge < -0.3 is 4.74 Å². The molecule has 1 aromatic carbocycles. The molecule has 3 nitrogen and oxygen atoms in total. The van der Waals surface area contributed by atoms with Crippen LogP contribution in [0.3, 0.4) is 0 Å². The van der Waals surface area contributed by atoms with Crippen molar-refractivity contribution in [3.63, 3.8) is 0 Å². The predicted octanol–water partition coefficient (Wildman–Crippen LogP) is 1.24. The fourth-order valence-corrected chi connectivity index (χ4v) is 2.31. The average Bonchev–Trinajstić information content (AvgIpc) is 2.17. The van der Waals surface area contributed by atoms with Crippen LogP contribution in [-0.4, -0.2) is 21.3 Å². The molecule has 1 aromatic rings. The van der Waals surface area contributed by atoms with Crippen molar-refractivity contribution in [1.82, 2.24) is 0 Å². The molecule has 0 atom stereocenters. The van der Waals surface area contributed by atoms with Crippen LogP contribution in [0.25, 0.3) is 0 Å². The third kappa shape index (κ3) is 3.30. The number of sulfone groups is 1. The Bertz CT molecular complexity index is 469. The fourth-order valence-electron chi connectivity index (χ4n) is 1.24. The van der Waals surface area contributed by atoms with Crippen molar-refractivity contribution < 1.29 is 13.2 Å². The molecule has 0 N–H and O–H groups in total. The normalized spacial score (nSPS) is 10.7. The molecule has 80 valence electrons. The molecule has 4 heteroatoms. The minimum absolute atomic E-state index is 0.0821. The summed E-state index contributed by atoms with van der Waals surface area (Å²) in [6.07, 6.45) is 4.98. The Morgan fingerprint density at radius 1 is 1.40 bits per heavy atom. The van der Waals surface area contributed by atoms with Gasteiger partial charge in [0.15, 0.2) is 9.84 Å². The number of hydrogen-bond acceptors (Lipinski definition) is 3. The van der Waals surface area contributed by atoms with Crippen LogP contribution in [0.5, 0.6) is 5.75 Å². The molecular formula is C11H12O3S. The zero-order valence-corrected chi connectivity index (χ0v) is 9.25. The molecule has 0 aliphatic heterocycles. The van der Waals surface area contributed by atoms with E-state index in [-0.39, 0.29) is 11.5 Å². The molecule has 0 fully saturated rings. The van der Waals surface area contributed by atoms with Crippen molar-refractivity contribution >= 4 is 9.84 Å². The highest BCUT2D eigenvalue weighted by atomic mass is 32.2. The van der Waals surface area contributed by atoms with E-state index in [4.69, 9.17) is 11.2 Å². The summed E-state index contributed by atoms with van der Waals surface area (Å²) in [5.41, 5.74) is 0.634. The van der Waals surface area contributed by atoms with Gasteiger partial charge in [-0.1, -0.05) is 24.1 Å². The Hall–Kier alpha value is -1.47. The number of methoxy groups -OCH3 is 1. The highest BCUT2D eigenvalue weighted by Gasteiger charge is 2.13. The van der Waals surface area contributed by atoms with Crippen LogP contribution in [0.15, 0.2) is 24.3 Å². The lowest BCUT2D eigenvalue weighted by Crippen LogP contribution is -2.08. The van der Waals surface area contributed by atoms with Gasteiger partial charge in [-0.15, -0.1) is 6.42 Å².